The number of aromatic nitrogens is 1. The fourth-order valence-electron chi connectivity index (χ4n) is 3.24. The number of carbonyl (C=O) groups excluding carboxylic acids is 1. The molecule has 0 bridgehead atoms. The molecule has 1 saturated heterocycles. The van der Waals surface area contributed by atoms with Gasteiger partial charge >= 0.3 is 5.97 Å². The average molecular weight is 414 g/mol. The van der Waals surface area contributed by atoms with Crippen LogP contribution in [0.1, 0.15) is 63.4 Å². The van der Waals surface area contributed by atoms with Gasteiger partial charge in [0.15, 0.2) is 10.0 Å². The highest BCUT2D eigenvalue weighted by atomic mass is 32.2. The smallest absolute Gasteiger partial charge is 0.355 e. The molecule has 1 fully saturated rings. The van der Waals surface area contributed by atoms with Gasteiger partial charge in [0.1, 0.15) is 0 Å². The van der Waals surface area contributed by atoms with Gasteiger partial charge in [-0.2, -0.15) is 0 Å². The minimum Gasteiger partial charge on any atom is -0.476 e. The molecule has 2 unspecified atom stereocenters. The number of hydrogen-bond acceptors (Lipinski definition) is 6. The Balaban J connectivity index is 1.72. The Kier molecular flexibility index (Phi) is 9.05. The summed E-state index contributed by atoms with van der Waals surface area (Å²) in [5.74, 6) is 0.711. The summed E-state index contributed by atoms with van der Waals surface area (Å²) in [6.45, 7) is 8.26. The van der Waals surface area contributed by atoms with Crippen LogP contribution in [0.5, 0.6) is 0 Å². The van der Waals surface area contributed by atoms with Gasteiger partial charge in [-0.1, -0.05) is 38.5 Å². The molecule has 1 aliphatic rings. The molecular formula is C19H31N3O3S2. The van der Waals surface area contributed by atoms with Gasteiger partial charge in [0, 0.05) is 42.7 Å². The predicted molar refractivity (Wildman–Crippen MR) is 111 cm³/mol. The highest BCUT2D eigenvalue weighted by molar-refractivity contribution is 8.01. The monoisotopic (exact) mass is 413 g/mol. The number of carboxylic acids is 1. The van der Waals surface area contributed by atoms with Crippen molar-refractivity contribution in [2.75, 3.05) is 18.8 Å². The molecule has 2 atom stereocenters. The number of nitrogens with zero attached hydrogens (tertiary/aromatic N) is 2. The number of likely N-dealkylation sites (tertiary alicyclic amines) is 1. The van der Waals surface area contributed by atoms with Gasteiger partial charge in [0.2, 0.25) is 5.91 Å². The molecule has 6 nitrogen and oxygen atoms in total. The Morgan fingerprint density at radius 3 is 2.89 bits per heavy atom. The van der Waals surface area contributed by atoms with Crippen LogP contribution in [-0.4, -0.2) is 57.8 Å². The third-order valence-corrected chi connectivity index (χ3v) is 6.83. The first-order chi connectivity index (χ1) is 12.9. The van der Waals surface area contributed by atoms with Gasteiger partial charge in [0.25, 0.3) is 0 Å². The second kappa shape index (κ2) is 11.0. The maximum Gasteiger partial charge on any atom is 0.355 e. The zero-order valence-corrected chi connectivity index (χ0v) is 18.1. The Hall–Kier alpha value is -1.12. The number of thiazole rings is 1. The van der Waals surface area contributed by atoms with E-state index in [0.29, 0.717) is 19.0 Å². The first-order valence-electron chi connectivity index (χ1n) is 9.71. The van der Waals surface area contributed by atoms with Crippen molar-refractivity contribution >= 4 is 35.0 Å². The Morgan fingerprint density at radius 1 is 1.44 bits per heavy atom. The van der Waals surface area contributed by atoms with E-state index in [0.717, 1.165) is 29.0 Å². The molecule has 0 aliphatic carbocycles. The van der Waals surface area contributed by atoms with Gasteiger partial charge in [0.05, 0.1) is 0 Å². The van der Waals surface area contributed by atoms with Crippen LogP contribution in [0.25, 0.3) is 0 Å². The second-order valence-corrected chi connectivity index (χ2v) is 9.77. The van der Waals surface area contributed by atoms with E-state index in [1.54, 1.807) is 5.38 Å². The molecule has 1 aromatic rings. The molecule has 0 spiro atoms. The van der Waals surface area contributed by atoms with Gasteiger partial charge < -0.3 is 15.3 Å². The molecule has 8 heteroatoms. The van der Waals surface area contributed by atoms with Gasteiger partial charge in [-0.05, 0) is 25.7 Å². The Bertz CT molecular complexity index is 621. The minimum absolute atomic E-state index is 0.0910. The average Bonchev–Trinajstić information content (AvgIpc) is 3.21. The number of rotatable bonds is 12. The molecule has 0 radical (unpaired) electrons. The number of aromatic carboxylic acids is 1. The van der Waals surface area contributed by atoms with Crippen LogP contribution in [-0.2, 0) is 4.79 Å². The third kappa shape index (κ3) is 7.43. The molecule has 152 valence electrons. The highest BCUT2D eigenvalue weighted by Crippen LogP contribution is 2.25. The Morgan fingerprint density at radius 2 is 2.22 bits per heavy atom. The summed E-state index contributed by atoms with van der Waals surface area (Å²) >= 11 is 2.86. The van der Waals surface area contributed by atoms with Crippen molar-refractivity contribution in [1.29, 1.82) is 0 Å². The molecule has 1 amide bonds. The van der Waals surface area contributed by atoms with Crippen LogP contribution < -0.4 is 5.32 Å². The number of thioether (sulfide) groups is 1. The van der Waals surface area contributed by atoms with Crippen LogP contribution in [0.2, 0.25) is 0 Å². The molecule has 2 heterocycles. The van der Waals surface area contributed by atoms with E-state index in [-0.39, 0.29) is 17.6 Å². The van der Waals surface area contributed by atoms with Crippen molar-refractivity contribution in [1.82, 2.24) is 15.2 Å². The number of carboxylic acid groups (broad SMARTS) is 1. The lowest BCUT2D eigenvalue weighted by Gasteiger charge is -2.26. The first-order valence-corrected chi connectivity index (χ1v) is 11.6. The summed E-state index contributed by atoms with van der Waals surface area (Å²) in [6.07, 6.45) is 5.21. The van der Waals surface area contributed by atoms with E-state index in [1.165, 1.54) is 42.4 Å². The topological polar surface area (TPSA) is 82.5 Å². The molecular weight excluding hydrogens is 382 g/mol. The van der Waals surface area contributed by atoms with E-state index in [2.05, 4.69) is 31.1 Å². The van der Waals surface area contributed by atoms with Crippen molar-refractivity contribution in [3.05, 3.63) is 11.1 Å². The SMILES string of the molecule is CC(C)CCCC(C)NCC1CCC(=O)N1CCSc1nc(C(=O)O)cs1. The summed E-state index contributed by atoms with van der Waals surface area (Å²) in [6, 6.07) is 0.733. The van der Waals surface area contributed by atoms with E-state index < -0.39 is 5.97 Å². The molecule has 27 heavy (non-hydrogen) atoms. The summed E-state index contributed by atoms with van der Waals surface area (Å²) in [5.41, 5.74) is 0.0910. The third-order valence-electron chi connectivity index (χ3n) is 4.83. The highest BCUT2D eigenvalue weighted by Gasteiger charge is 2.30. The zero-order chi connectivity index (χ0) is 19.8. The lowest BCUT2D eigenvalue weighted by atomic mass is 10.0. The van der Waals surface area contributed by atoms with Crippen LogP contribution in [0, 0.1) is 5.92 Å². The minimum atomic E-state index is -0.999. The maximum atomic E-state index is 12.2. The summed E-state index contributed by atoms with van der Waals surface area (Å²) in [4.78, 5) is 29.2. The number of amides is 1. The van der Waals surface area contributed by atoms with Gasteiger partial charge in [-0.25, -0.2) is 9.78 Å². The normalized spacial score (nSPS) is 18.4. The van der Waals surface area contributed by atoms with Gasteiger partial charge in [-0.15, -0.1) is 11.3 Å². The van der Waals surface area contributed by atoms with E-state index in [4.69, 9.17) is 5.11 Å². The van der Waals surface area contributed by atoms with Crippen molar-refractivity contribution in [2.24, 2.45) is 5.92 Å². The first kappa shape index (κ1) is 22.2. The van der Waals surface area contributed by atoms with Gasteiger partial charge in [-0.3, -0.25) is 4.79 Å². The maximum absolute atomic E-state index is 12.2. The van der Waals surface area contributed by atoms with Crippen molar-refractivity contribution in [3.63, 3.8) is 0 Å². The molecule has 2 N–H and O–H groups in total. The molecule has 1 aliphatic heterocycles. The summed E-state index contributed by atoms with van der Waals surface area (Å²) in [7, 11) is 0. The lowest BCUT2D eigenvalue weighted by molar-refractivity contribution is -0.128. The van der Waals surface area contributed by atoms with Crippen LogP contribution in [0.4, 0.5) is 0 Å². The number of hydrogen-bond donors (Lipinski definition) is 2. The van der Waals surface area contributed by atoms with Crippen LogP contribution in [0.3, 0.4) is 0 Å². The lowest BCUT2D eigenvalue weighted by Crippen LogP contribution is -2.43. The van der Waals surface area contributed by atoms with Crippen molar-refractivity contribution in [3.8, 4) is 0 Å². The fourth-order valence-corrected chi connectivity index (χ4v) is 5.05. The van der Waals surface area contributed by atoms with Crippen LogP contribution >= 0.6 is 23.1 Å². The molecule has 2 rings (SSSR count). The van der Waals surface area contributed by atoms with E-state index in [1.807, 2.05) is 4.90 Å². The summed E-state index contributed by atoms with van der Waals surface area (Å²) in [5, 5.41) is 14.1. The zero-order valence-electron chi connectivity index (χ0n) is 16.4. The predicted octanol–water partition coefficient (Wildman–Crippen LogP) is 3.73. The second-order valence-electron chi connectivity index (χ2n) is 7.57. The quantitative estimate of drug-likeness (QED) is 0.508. The van der Waals surface area contributed by atoms with E-state index >= 15 is 0 Å². The van der Waals surface area contributed by atoms with Crippen molar-refractivity contribution < 1.29 is 14.7 Å². The van der Waals surface area contributed by atoms with Crippen molar-refractivity contribution in [2.45, 2.75) is 69.3 Å². The fraction of sp³-hybridized carbons (Fsp3) is 0.737. The Labute approximate surface area is 170 Å². The molecule has 0 saturated carbocycles. The number of carbonyl (C=O) groups is 2. The largest absolute Gasteiger partial charge is 0.476 e. The van der Waals surface area contributed by atoms with E-state index in [9.17, 15) is 9.59 Å². The molecule has 1 aromatic heterocycles. The standard InChI is InChI=1S/C19H31N3O3S2/c1-13(2)5-4-6-14(3)20-11-15-7-8-17(23)22(15)9-10-26-19-21-16(12-27-19)18(24)25/h12-15,20H,4-11H2,1-3H3,(H,24,25). The summed E-state index contributed by atoms with van der Waals surface area (Å²) < 4.78 is 0.743. The van der Waals surface area contributed by atoms with Crippen LogP contribution in [0.15, 0.2) is 9.72 Å². The number of nitrogens with one attached hydrogen (secondary N) is 1. The molecule has 0 aromatic carbocycles.